The van der Waals surface area contributed by atoms with Crippen LogP contribution >= 0.6 is 0 Å². The second-order valence-electron chi connectivity index (χ2n) is 10.8. The van der Waals surface area contributed by atoms with Crippen molar-refractivity contribution in [2.75, 3.05) is 0 Å². The average molecular weight is 419 g/mol. The van der Waals surface area contributed by atoms with Gasteiger partial charge in [0.15, 0.2) is 5.78 Å². The highest BCUT2D eigenvalue weighted by atomic mass is 16.3. The molecule has 4 rings (SSSR count). The van der Waals surface area contributed by atoms with Crippen molar-refractivity contribution in [2.45, 2.75) is 59.3 Å². The van der Waals surface area contributed by atoms with Crippen molar-refractivity contribution in [1.29, 1.82) is 0 Å². The summed E-state index contributed by atoms with van der Waals surface area (Å²) in [7, 11) is 0. The number of hydrogen-bond donors (Lipinski definition) is 1. The Balaban J connectivity index is 1.95. The first kappa shape index (κ1) is 21.5. The van der Waals surface area contributed by atoms with Crippen molar-refractivity contribution >= 4 is 28.1 Å². The SMILES string of the molecule is CC1(C)CC(=O)C([C@H](C2=C(O)CC(C)(C)CC2=O)c2cccc3ccccc23)C(=O)C1. The van der Waals surface area contributed by atoms with E-state index in [1.54, 1.807) is 0 Å². The van der Waals surface area contributed by atoms with Gasteiger partial charge in [-0.2, -0.15) is 0 Å². The third kappa shape index (κ3) is 3.96. The molecule has 1 atom stereocenters. The molecule has 0 saturated heterocycles. The van der Waals surface area contributed by atoms with Crippen molar-refractivity contribution in [3.63, 3.8) is 0 Å². The summed E-state index contributed by atoms with van der Waals surface area (Å²) in [4.78, 5) is 40.0. The number of rotatable bonds is 3. The Kier molecular flexibility index (Phi) is 5.15. The minimum absolute atomic E-state index is 0.0182. The van der Waals surface area contributed by atoms with Crippen LogP contribution in [0.1, 0.15) is 64.9 Å². The molecule has 1 fully saturated rings. The topological polar surface area (TPSA) is 71.4 Å². The first-order valence-electron chi connectivity index (χ1n) is 11.0. The van der Waals surface area contributed by atoms with Crippen LogP contribution in [0, 0.1) is 16.7 Å². The van der Waals surface area contributed by atoms with Gasteiger partial charge in [-0.05, 0) is 27.2 Å². The molecule has 0 heterocycles. The number of benzene rings is 2. The smallest absolute Gasteiger partial charge is 0.163 e. The molecule has 2 aromatic carbocycles. The number of fused-ring (bicyclic) bond motifs is 1. The Morgan fingerprint density at radius 1 is 0.806 bits per heavy atom. The molecule has 4 nitrogen and oxygen atoms in total. The third-order valence-corrected chi connectivity index (χ3v) is 6.70. The van der Waals surface area contributed by atoms with Gasteiger partial charge in [-0.1, -0.05) is 70.2 Å². The Morgan fingerprint density at radius 2 is 1.39 bits per heavy atom. The molecule has 0 aromatic heterocycles. The van der Waals surface area contributed by atoms with E-state index in [2.05, 4.69) is 0 Å². The van der Waals surface area contributed by atoms with Gasteiger partial charge in [0.05, 0.1) is 5.92 Å². The van der Waals surface area contributed by atoms with Crippen LogP contribution in [0.15, 0.2) is 53.8 Å². The summed E-state index contributed by atoms with van der Waals surface area (Å²) in [5.74, 6) is -2.14. The quantitative estimate of drug-likeness (QED) is 0.649. The van der Waals surface area contributed by atoms with Gasteiger partial charge < -0.3 is 5.11 Å². The number of ketones is 3. The van der Waals surface area contributed by atoms with E-state index < -0.39 is 11.8 Å². The monoisotopic (exact) mass is 418 g/mol. The zero-order valence-electron chi connectivity index (χ0n) is 18.7. The van der Waals surface area contributed by atoms with E-state index in [1.807, 2.05) is 70.2 Å². The van der Waals surface area contributed by atoms with Crippen molar-refractivity contribution in [1.82, 2.24) is 0 Å². The van der Waals surface area contributed by atoms with Crippen LogP contribution in [-0.4, -0.2) is 22.5 Å². The molecule has 2 aromatic rings. The lowest BCUT2D eigenvalue weighted by Gasteiger charge is -2.39. The highest BCUT2D eigenvalue weighted by Gasteiger charge is 2.48. The maximum absolute atomic E-state index is 13.3. The molecule has 0 aliphatic heterocycles. The molecular formula is C27H30O4. The van der Waals surface area contributed by atoms with Crippen molar-refractivity contribution in [2.24, 2.45) is 16.7 Å². The van der Waals surface area contributed by atoms with Crippen LogP contribution in [-0.2, 0) is 14.4 Å². The highest BCUT2D eigenvalue weighted by molar-refractivity contribution is 6.10. The number of carbonyl (C=O) groups excluding carboxylic acids is 3. The maximum atomic E-state index is 13.3. The molecular weight excluding hydrogens is 388 g/mol. The van der Waals surface area contributed by atoms with Crippen LogP contribution in [0.5, 0.6) is 0 Å². The molecule has 162 valence electrons. The lowest BCUT2D eigenvalue weighted by Crippen LogP contribution is -2.43. The number of allylic oxidation sites excluding steroid dienone is 2. The number of hydrogen-bond acceptors (Lipinski definition) is 4. The summed E-state index contributed by atoms with van der Waals surface area (Å²) in [6.45, 7) is 7.75. The van der Waals surface area contributed by atoms with Gasteiger partial charge >= 0.3 is 0 Å². The van der Waals surface area contributed by atoms with Gasteiger partial charge in [-0.25, -0.2) is 0 Å². The fourth-order valence-corrected chi connectivity index (χ4v) is 5.46. The van der Waals surface area contributed by atoms with Crippen LogP contribution in [0.4, 0.5) is 0 Å². The lowest BCUT2D eigenvalue weighted by molar-refractivity contribution is -0.140. The molecule has 0 radical (unpaired) electrons. The van der Waals surface area contributed by atoms with E-state index in [0.29, 0.717) is 19.3 Å². The first-order valence-corrected chi connectivity index (χ1v) is 11.0. The summed E-state index contributed by atoms with van der Waals surface area (Å²) in [6.07, 6.45) is 1.22. The Morgan fingerprint density at radius 3 is 2.03 bits per heavy atom. The summed E-state index contributed by atoms with van der Waals surface area (Å²) >= 11 is 0. The van der Waals surface area contributed by atoms with Gasteiger partial charge in [0.2, 0.25) is 0 Å². The van der Waals surface area contributed by atoms with E-state index >= 15 is 0 Å². The normalized spacial score (nSPS) is 22.8. The van der Waals surface area contributed by atoms with Crippen LogP contribution in [0.2, 0.25) is 0 Å². The molecule has 1 N–H and O–H groups in total. The molecule has 0 bridgehead atoms. The zero-order chi connectivity index (χ0) is 22.6. The summed E-state index contributed by atoms with van der Waals surface area (Å²) < 4.78 is 0. The summed E-state index contributed by atoms with van der Waals surface area (Å²) in [5, 5.41) is 12.9. The van der Waals surface area contributed by atoms with Crippen molar-refractivity contribution < 1.29 is 19.5 Å². The van der Waals surface area contributed by atoms with Gasteiger partial charge in [0, 0.05) is 37.2 Å². The van der Waals surface area contributed by atoms with Crippen LogP contribution in [0.3, 0.4) is 0 Å². The number of aliphatic hydroxyl groups is 1. The number of carbonyl (C=O) groups is 3. The van der Waals surface area contributed by atoms with Gasteiger partial charge in [-0.15, -0.1) is 0 Å². The predicted octanol–water partition coefficient (Wildman–Crippen LogP) is 5.70. The summed E-state index contributed by atoms with van der Waals surface area (Å²) in [5.41, 5.74) is 0.278. The Hall–Kier alpha value is -2.75. The molecule has 0 amide bonds. The zero-order valence-corrected chi connectivity index (χ0v) is 18.7. The highest BCUT2D eigenvalue weighted by Crippen LogP contribution is 2.48. The van der Waals surface area contributed by atoms with Crippen LogP contribution < -0.4 is 0 Å². The molecule has 0 unspecified atom stereocenters. The molecule has 31 heavy (non-hydrogen) atoms. The molecule has 4 heteroatoms. The predicted molar refractivity (Wildman–Crippen MR) is 121 cm³/mol. The molecule has 2 aliphatic carbocycles. The van der Waals surface area contributed by atoms with Gasteiger partial charge in [-0.3, -0.25) is 14.4 Å². The third-order valence-electron chi connectivity index (χ3n) is 6.70. The second-order valence-corrected chi connectivity index (χ2v) is 10.8. The van der Waals surface area contributed by atoms with Crippen LogP contribution in [0.25, 0.3) is 10.8 Å². The maximum Gasteiger partial charge on any atom is 0.163 e. The first-order chi connectivity index (χ1) is 14.5. The molecule has 2 aliphatic rings. The van der Waals surface area contributed by atoms with Crippen molar-refractivity contribution in [3.05, 3.63) is 59.4 Å². The fourth-order valence-electron chi connectivity index (χ4n) is 5.46. The van der Waals surface area contributed by atoms with E-state index in [1.165, 1.54) is 0 Å². The standard InChI is InChI=1S/C27H30O4/c1-26(2)12-19(28)24(20(29)13-26)23(25-21(30)14-27(3,4)15-22(25)31)18-11-7-9-16-8-5-6-10-17(16)18/h5-11,23-24,30H,12-15H2,1-4H3/t23-/m1/s1. The minimum atomic E-state index is -0.943. The van der Waals surface area contributed by atoms with E-state index in [0.717, 1.165) is 16.3 Å². The Bertz CT molecular complexity index is 1090. The van der Waals surface area contributed by atoms with Gasteiger partial charge in [0.25, 0.3) is 0 Å². The molecule has 0 spiro atoms. The van der Waals surface area contributed by atoms with Crippen molar-refractivity contribution in [3.8, 4) is 0 Å². The molecule has 1 saturated carbocycles. The van der Waals surface area contributed by atoms with E-state index in [4.69, 9.17) is 0 Å². The number of Topliss-reactive ketones (excluding diaryl/α,β-unsaturated/α-hetero) is 3. The summed E-state index contributed by atoms with van der Waals surface area (Å²) in [6, 6.07) is 13.5. The Labute approximate surface area is 183 Å². The fraction of sp³-hybridized carbons (Fsp3) is 0.444. The lowest BCUT2D eigenvalue weighted by atomic mass is 9.62. The van der Waals surface area contributed by atoms with E-state index in [-0.39, 0.29) is 45.9 Å². The van der Waals surface area contributed by atoms with E-state index in [9.17, 15) is 19.5 Å². The second kappa shape index (κ2) is 7.44. The average Bonchev–Trinajstić information content (AvgIpc) is 2.63. The minimum Gasteiger partial charge on any atom is -0.512 e. The largest absolute Gasteiger partial charge is 0.512 e. The van der Waals surface area contributed by atoms with Gasteiger partial charge in [0.1, 0.15) is 17.3 Å². The number of aliphatic hydroxyl groups excluding tert-OH is 1.